The van der Waals surface area contributed by atoms with Gasteiger partial charge in [0, 0.05) is 5.56 Å². The molecule has 1 atom stereocenters. The second-order valence-corrected chi connectivity index (χ2v) is 6.72. The van der Waals surface area contributed by atoms with Gasteiger partial charge in [0.25, 0.3) is 5.91 Å². The van der Waals surface area contributed by atoms with E-state index in [1.165, 1.54) is 0 Å². The summed E-state index contributed by atoms with van der Waals surface area (Å²) >= 11 is 0. The molecule has 0 aliphatic carbocycles. The predicted octanol–water partition coefficient (Wildman–Crippen LogP) is 4.71. The van der Waals surface area contributed by atoms with Gasteiger partial charge in [0.2, 0.25) is 0 Å². The van der Waals surface area contributed by atoms with Crippen molar-refractivity contribution in [2.75, 3.05) is 12.4 Å². The van der Waals surface area contributed by atoms with Gasteiger partial charge in [-0.2, -0.15) is 0 Å². The number of carbonyl (C=O) groups excluding carboxylic acids is 1. The van der Waals surface area contributed by atoms with Crippen molar-refractivity contribution >= 4 is 22.6 Å². The highest BCUT2D eigenvalue weighted by Gasteiger charge is 2.16. The average Bonchev–Trinajstić information content (AvgIpc) is 2.79. The summed E-state index contributed by atoms with van der Waals surface area (Å²) in [5, 5.41) is 2.83. The number of benzene rings is 3. The number of rotatable bonds is 6. The molecule has 0 saturated heterocycles. The first kappa shape index (κ1) is 19.4. The Hall–Kier alpha value is -3.93. The van der Waals surface area contributed by atoms with Crippen molar-refractivity contribution in [3.05, 3.63) is 79.0 Å². The molecule has 4 aromatic rings. The Morgan fingerprint density at radius 1 is 0.933 bits per heavy atom. The summed E-state index contributed by atoms with van der Waals surface area (Å²) < 4.78 is 11.1. The van der Waals surface area contributed by atoms with Gasteiger partial charge < -0.3 is 14.8 Å². The normalized spacial score (nSPS) is 11.7. The van der Waals surface area contributed by atoms with Crippen LogP contribution in [0.2, 0.25) is 0 Å². The van der Waals surface area contributed by atoms with Crippen LogP contribution in [0.3, 0.4) is 0 Å². The standard InChI is InChI=1S/C24H21N3O3/c1-16(24(28)27-21-9-5-6-10-23(21)29-2)30-18-13-11-17(12-14-18)22-15-25-19-7-3-4-8-20(19)26-22/h3-16H,1-2H3,(H,27,28)/t16-/m0/s1. The molecule has 6 heteroatoms. The fourth-order valence-corrected chi connectivity index (χ4v) is 3.04. The number of hydrogen-bond acceptors (Lipinski definition) is 5. The van der Waals surface area contributed by atoms with Crippen molar-refractivity contribution < 1.29 is 14.3 Å². The van der Waals surface area contributed by atoms with Gasteiger partial charge in [0.15, 0.2) is 6.10 Å². The second-order valence-electron chi connectivity index (χ2n) is 6.72. The molecule has 3 aromatic carbocycles. The van der Waals surface area contributed by atoms with Gasteiger partial charge in [0.1, 0.15) is 11.5 Å². The third-order valence-corrected chi connectivity index (χ3v) is 4.65. The van der Waals surface area contributed by atoms with Crippen molar-refractivity contribution in [3.8, 4) is 22.8 Å². The molecular formula is C24H21N3O3. The average molecular weight is 399 g/mol. The highest BCUT2D eigenvalue weighted by Crippen LogP contribution is 2.25. The van der Waals surface area contributed by atoms with E-state index in [1.807, 2.05) is 60.7 Å². The SMILES string of the molecule is COc1ccccc1NC(=O)[C@H](C)Oc1ccc(-c2cnc3ccccc3n2)cc1. The van der Waals surface area contributed by atoms with E-state index in [2.05, 4.69) is 15.3 Å². The molecule has 1 amide bonds. The molecule has 150 valence electrons. The number of carbonyl (C=O) groups is 1. The number of anilines is 1. The van der Waals surface area contributed by atoms with Gasteiger partial charge in [0.05, 0.1) is 35.7 Å². The van der Waals surface area contributed by atoms with E-state index in [0.717, 1.165) is 22.3 Å². The van der Waals surface area contributed by atoms with Gasteiger partial charge in [-0.25, -0.2) is 4.98 Å². The quantitative estimate of drug-likeness (QED) is 0.508. The first-order valence-electron chi connectivity index (χ1n) is 9.57. The summed E-state index contributed by atoms with van der Waals surface area (Å²) in [6, 6.07) is 22.4. The third kappa shape index (κ3) is 4.22. The van der Waals surface area contributed by atoms with Crippen LogP contribution in [0.1, 0.15) is 6.92 Å². The van der Waals surface area contributed by atoms with Crippen LogP contribution in [0.15, 0.2) is 79.0 Å². The largest absolute Gasteiger partial charge is 0.495 e. The third-order valence-electron chi connectivity index (χ3n) is 4.65. The van der Waals surface area contributed by atoms with Crippen LogP contribution in [0.4, 0.5) is 5.69 Å². The lowest BCUT2D eigenvalue weighted by Gasteiger charge is -2.16. The Kier molecular flexibility index (Phi) is 5.57. The van der Waals surface area contributed by atoms with E-state index in [-0.39, 0.29) is 5.91 Å². The molecule has 1 heterocycles. The highest BCUT2D eigenvalue weighted by atomic mass is 16.5. The predicted molar refractivity (Wildman–Crippen MR) is 117 cm³/mol. The Balaban J connectivity index is 1.44. The number of hydrogen-bond donors (Lipinski definition) is 1. The van der Waals surface area contributed by atoms with Gasteiger partial charge in [-0.1, -0.05) is 24.3 Å². The van der Waals surface area contributed by atoms with Crippen molar-refractivity contribution in [1.29, 1.82) is 0 Å². The van der Waals surface area contributed by atoms with Crippen molar-refractivity contribution in [1.82, 2.24) is 9.97 Å². The van der Waals surface area contributed by atoms with Crippen LogP contribution in [-0.4, -0.2) is 29.1 Å². The Labute approximate surface area is 174 Å². The van der Waals surface area contributed by atoms with E-state index < -0.39 is 6.10 Å². The van der Waals surface area contributed by atoms with E-state index >= 15 is 0 Å². The maximum absolute atomic E-state index is 12.5. The molecule has 4 rings (SSSR count). The van der Waals surface area contributed by atoms with Crippen LogP contribution in [0.25, 0.3) is 22.3 Å². The van der Waals surface area contributed by atoms with Gasteiger partial charge in [-0.15, -0.1) is 0 Å². The summed E-state index contributed by atoms with van der Waals surface area (Å²) in [7, 11) is 1.56. The maximum atomic E-state index is 12.5. The number of amides is 1. The first-order chi connectivity index (χ1) is 14.6. The van der Waals surface area contributed by atoms with E-state index in [9.17, 15) is 4.79 Å². The zero-order chi connectivity index (χ0) is 20.9. The molecule has 0 saturated carbocycles. The van der Waals surface area contributed by atoms with Crippen LogP contribution < -0.4 is 14.8 Å². The summed E-state index contributed by atoms with van der Waals surface area (Å²) in [6.45, 7) is 1.70. The number of para-hydroxylation sites is 4. The maximum Gasteiger partial charge on any atom is 0.265 e. The lowest BCUT2D eigenvalue weighted by Crippen LogP contribution is -2.30. The Morgan fingerprint density at radius 2 is 1.63 bits per heavy atom. The van der Waals surface area contributed by atoms with Gasteiger partial charge >= 0.3 is 0 Å². The molecule has 0 bridgehead atoms. The minimum Gasteiger partial charge on any atom is -0.495 e. The monoisotopic (exact) mass is 399 g/mol. The smallest absolute Gasteiger partial charge is 0.265 e. The van der Waals surface area contributed by atoms with Crippen LogP contribution in [-0.2, 0) is 4.79 Å². The van der Waals surface area contributed by atoms with E-state index in [4.69, 9.17) is 9.47 Å². The van der Waals surface area contributed by atoms with Crippen LogP contribution >= 0.6 is 0 Å². The topological polar surface area (TPSA) is 73.3 Å². The molecule has 0 aliphatic rings. The van der Waals surface area contributed by atoms with Crippen molar-refractivity contribution in [3.63, 3.8) is 0 Å². The molecule has 1 N–H and O–H groups in total. The Bertz CT molecular complexity index is 1180. The van der Waals surface area contributed by atoms with Gasteiger partial charge in [-0.05, 0) is 55.5 Å². The lowest BCUT2D eigenvalue weighted by atomic mass is 10.1. The molecule has 0 fully saturated rings. The second kappa shape index (κ2) is 8.61. The van der Waals surface area contributed by atoms with Crippen LogP contribution in [0.5, 0.6) is 11.5 Å². The molecule has 30 heavy (non-hydrogen) atoms. The molecule has 1 aromatic heterocycles. The molecule has 0 unspecified atom stereocenters. The summed E-state index contributed by atoms with van der Waals surface area (Å²) in [5.41, 5.74) is 4.01. The molecular weight excluding hydrogens is 378 g/mol. The Morgan fingerprint density at radius 3 is 2.40 bits per heavy atom. The fraction of sp³-hybridized carbons (Fsp3) is 0.125. The number of aromatic nitrogens is 2. The molecule has 0 spiro atoms. The van der Waals surface area contributed by atoms with E-state index in [1.54, 1.807) is 32.4 Å². The summed E-state index contributed by atoms with van der Waals surface area (Å²) in [5.74, 6) is 0.929. The number of nitrogens with one attached hydrogen (secondary N) is 1. The van der Waals surface area contributed by atoms with Gasteiger partial charge in [-0.3, -0.25) is 9.78 Å². The fourth-order valence-electron chi connectivity index (χ4n) is 3.04. The molecule has 0 aliphatic heterocycles. The highest BCUT2D eigenvalue weighted by molar-refractivity contribution is 5.95. The van der Waals surface area contributed by atoms with Crippen molar-refractivity contribution in [2.45, 2.75) is 13.0 Å². The van der Waals surface area contributed by atoms with E-state index in [0.29, 0.717) is 17.2 Å². The number of nitrogens with zero attached hydrogens (tertiary/aromatic N) is 2. The molecule has 6 nitrogen and oxygen atoms in total. The minimum absolute atomic E-state index is 0.260. The zero-order valence-electron chi connectivity index (χ0n) is 16.7. The number of fused-ring (bicyclic) bond motifs is 1. The van der Waals surface area contributed by atoms with Crippen molar-refractivity contribution in [2.24, 2.45) is 0 Å². The zero-order valence-corrected chi connectivity index (χ0v) is 16.7. The first-order valence-corrected chi connectivity index (χ1v) is 9.57. The molecule has 0 radical (unpaired) electrons. The number of methoxy groups -OCH3 is 1. The summed E-state index contributed by atoms with van der Waals surface area (Å²) in [4.78, 5) is 21.6. The minimum atomic E-state index is -0.679. The number of ether oxygens (including phenoxy) is 2. The van der Waals surface area contributed by atoms with Crippen LogP contribution in [0, 0.1) is 0 Å². The summed E-state index contributed by atoms with van der Waals surface area (Å²) in [6.07, 6.45) is 1.07. The lowest BCUT2D eigenvalue weighted by molar-refractivity contribution is -0.122.